The van der Waals surface area contributed by atoms with Crippen LogP contribution in [0.1, 0.15) is 23.6 Å². The number of nitrogens with one attached hydrogen (secondary N) is 1. The molecule has 134 valence electrons. The summed E-state index contributed by atoms with van der Waals surface area (Å²) < 4.78 is 5.15. The Balaban J connectivity index is 1.67. The summed E-state index contributed by atoms with van der Waals surface area (Å²) in [5.74, 6) is 0.776. The molecule has 3 rings (SSSR count). The second-order valence-electron chi connectivity index (χ2n) is 6.11. The summed E-state index contributed by atoms with van der Waals surface area (Å²) in [7, 11) is 1.63. The molecule has 1 aliphatic heterocycles. The number of amidine groups is 1. The molecule has 1 saturated heterocycles. The van der Waals surface area contributed by atoms with Gasteiger partial charge in [0.1, 0.15) is 5.75 Å². The number of ether oxygens (including phenoxy) is 1. The smallest absolute Gasteiger partial charge is 0.239 e. The lowest BCUT2D eigenvalue weighted by Gasteiger charge is -2.05. The highest BCUT2D eigenvalue weighted by Crippen LogP contribution is 2.24. The van der Waals surface area contributed by atoms with E-state index in [2.05, 4.69) is 34.6 Å². The van der Waals surface area contributed by atoms with Gasteiger partial charge >= 0.3 is 0 Å². The molecule has 1 fully saturated rings. The molecule has 1 atom stereocenters. The van der Waals surface area contributed by atoms with Crippen LogP contribution in [0.3, 0.4) is 0 Å². The average molecular weight is 367 g/mol. The number of nitrogens with zero attached hydrogens (tertiary/aromatic N) is 2. The van der Waals surface area contributed by atoms with E-state index in [1.807, 2.05) is 43.3 Å². The maximum atomic E-state index is 12.2. The molecule has 0 bridgehead atoms. The normalized spacial score (nSPS) is 18.9. The minimum absolute atomic E-state index is 0.0208. The van der Waals surface area contributed by atoms with Crippen LogP contribution in [0.15, 0.2) is 58.7 Å². The van der Waals surface area contributed by atoms with Crippen LogP contribution < -0.4 is 10.1 Å². The van der Waals surface area contributed by atoms with E-state index in [0.717, 1.165) is 22.6 Å². The van der Waals surface area contributed by atoms with Gasteiger partial charge in [-0.25, -0.2) is 0 Å². The first-order chi connectivity index (χ1) is 12.5. The Morgan fingerprint density at radius 1 is 1.23 bits per heavy atom. The fourth-order valence-electron chi connectivity index (χ4n) is 2.65. The molecule has 6 heteroatoms. The van der Waals surface area contributed by atoms with Crippen molar-refractivity contribution in [2.45, 2.75) is 25.5 Å². The van der Waals surface area contributed by atoms with Crippen molar-refractivity contribution in [2.24, 2.45) is 10.2 Å². The molecule has 2 aromatic rings. The number of hydrogen-bond donors (Lipinski definition) is 1. The third kappa shape index (κ3) is 4.52. The summed E-state index contributed by atoms with van der Waals surface area (Å²) in [6.07, 6.45) is 0.679. The van der Waals surface area contributed by atoms with Crippen molar-refractivity contribution in [3.63, 3.8) is 0 Å². The van der Waals surface area contributed by atoms with Crippen molar-refractivity contribution in [1.29, 1.82) is 0 Å². The number of hydrogen-bond acceptors (Lipinski definition) is 5. The number of carbonyl (C=O) groups excluding carboxylic acids is 1. The topological polar surface area (TPSA) is 63.1 Å². The summed E-state index contributed by atoms with van der Waals surface area (Å²) in [6.45, 7) is 3.94. The van der Waals surface area contributed by atoms with E-state index in [-0.39, 0.29) is 11.2 Å². The van der Waals surface area contributed by atoms with Gasteiger partial charge in [0.05, 0.1) is 18.1 Å². The van der Waals surface area contributed by atoms with Crippen LogP contribution in [0.4, 0.5) is 0 Å². The minimum atomic E-state index is -0.174. The molecule has 0 aromatic heterocycles. The average Bonchev–Trinajstić information content (AvgIpc) is 2.99. The summed E-state index contributed by atoms with van der Waals surface area (Å²) in [6, 6.07) is 15.8. The van der Waals surface area contributed by atoms with Gasteiger partial charge in [0.15, 0.2) is 5.17 Å². The summed E-state index contributed by atoms with van der Waals surface area (Å²) >= 11 is 1.42. The lowest BCUT2D eigenvalue weighted by molar-refractivity contribution is -0.118. The first kappa shape index (κ1) is 18.2. The van der Waals surface area contributed by atoms with Crippen LogP contribution in [0.2, 0.25) is 0 Å². The SMILES string of the molecule is COc1ccc(C(C)=N/N=C2\NC(=O)[C@H](Cc3cccc(C)c3)S2)cc1. The van der Waals surface area contributed by atoms with Crippen molar-refractivity contribution in [3.05, 3.63) is 65.2 Å². The molecule has 0 spiro atoms. The molecule has 2 aromatic carbocycles. The maximum Gasteiger partial charge on any atom is 0.239 e. The predicted octanol–water partition coefficient (Wildman–Crippen LogP) is 3.56. The highest BCUT2D eigenvalue weighted by atomic mass is 32.2. The number of methoxy groups -OCH3 is 1. The maximum absolute atomic E-state index is 12.2. The van der Waals surface area contributed by atoms with Gasteiger partial charge in [0.25, 0.3) is 0 Å². The number of thioether (sulfide) groups is 1. The second-order valence-corrected chi connectivity index (χ2v) is 7.30. The van der Waals surface area contributed by atoms with E-state index in [9.17, 15) is 4.79 Å². The zero-order valence-electron chi connectivity index (χ0n) is 15.0. The number of carbonyl (C=O) groups is 1. The summed E-state index contributed by atoms with van der Waals surface area (Å²) in [5, 5.41) is 11.6. The molecule has 0 aliphatic carbocycles. The molecule has 1 amide bonds. The minimum Gasteiger partial charge on any atom is -0.497 e. The van der Waals surface area contributed by atoms with Gasteiger partial charge in [-0.2, -0.15) is 5.10 Å². The fourth-order valence-corrected chi connectivity index (χ4v) is 3.61. The Hall–Kier alpha value is -2.60. The molecular formula is C20H21N3O2S. The molecular weight excluding hydrogens is 346 g/mol. The molecule has 1 heterocycles. The van der Waals surface area contributed by atoms with Crippen LogP contribution in [-0.4, -0.2) is 29.1 Å². The summed E-state index contributed by atoms with van der Waals surface area (Å²) in [5.41, 5.74) is 4.08. The van der Waals surface area contributed by atoms with Crippen molar-refractivity contribution in [1.82, 2.24) is 5.32 Å². The van der Waals surface area contributed by atoms with Gasteiger partial charge in [0.2, 0.25) is 5.91 Å². The number of benzene rings is 2. The van der Waals surface area contributed by atoms with E-state index < -0.39 is 0 Å². The molecule has 0 saturated carbocycles. The van der Waals surface area contributed by atoms with Gasteiger partial charge in [0, 0.05) is 0 Å². The van der Waals surface area contributed by atoms with Crippen molar-refractivity contribution in [2.75, 3.05) is 7.11 Å². The van der Waals surface area contributed by atoms with Crippen molar-refractivity contribution < 1.29 is 9.53 Å². The van der Waals surface area contributed by atoms with E-state index in [1.165, 1.54) is 17.3 Å². The largest absolute Gasteiger partial charge is 0.497 e. The quantitative estimate of drug-likeness (QED) is 0.649. The van der Waals surface area contributed by atoms with Crippen molar-refractivity contribution >= 4 is 28.5 Å². The van der Waals surface area contributed by atoms with Gasteiger partial charge in [-0.3, -0.25) is 4.79 Å². The van der Waals surface area contributed by atoms with Gasteiger partial charge in [-0.15, -0.1) is 5.10 Å². The fraction of sp³-hybridized carbons (Fsp3) is 0.250. The Kier molecular flexibility index (Phi) is 5.73. The Morgan fingerprint density at radius 2 is 2.00 bits per heavy atom. The second kappa shape index (κ2) is 8.19. The van der Waals surface area contributed by atoms with Gasteiger partial charge < -0.3 is 10.1 Å². The lowest BCUT2D eigenvalue weighted by Crippen LogP contribution is -2.26. The van der Waals surface area contributed by atoms with Crippen LogP contribution in [0.5, 0.6) is 5.75 Å². The zero-order valence-corrected chi connectivity index (χ0v) is 15.8. The van der Waals surface area contributed by atoms with Crippen LogP contribution in [-0.2, 0) is 11.2 Å². The number of rotatable bonds is 5. The predicted molar refractivity (Wildman–Crippen MR) is 107 cm³/mol. The molecule has 0 radical (unpaired) electrons. The van der Waals surface area contributed by atoms with E-state index in [0.29, 0.717) is 11.6 Å². The van der Waals surface area contributed by atoms with Crippen LogP contribution in [0.25, 0.3) is 0 Å². The standard InChI is InChI=1S/C20H21N3O2S/c1-13-5-4-6-15(11-13)12-18-19(24)21-20(26-18)23-22-14(2)16-7-9-17(25-3)10-8-16/h4-11,18H,12H2,1-3H3,(H,21,23,24)/t18-/m0/s1. The number of amides is 1. The van der Waals surface area contributed by atoms with Gasteiger partial charge in [-0.05, 0) is 55.7 Å². The lowest BCUT2D eigenvalue weighted by atomic mass is 10.1. The van der Waals surface area contributed by atoms with Crippen LogP contribution in [0, 0.1) is 6.92 Å². The Labute approximate surface area is 157 Å². The van der Waals surface area contributed by atoms with E-state index in [1.54, 1.807) is 7.11 Å². The third-order valence-corrected chi connectivity index (χ3v) is 5.15. The highest BCUT2D eigenvalue weighted by molar-refractivity contribution is 8.15. The molecule has 5 nitrogen and oxygen atoms in total. The van der Waals surface area contributed by atoms with Crippen LogP contribution >= 0.6 is 11.8 Å². The highest BCUT2D eigenvalue weighted by Gasteiger charge is 2.30. The monoisotopic (exact) mass is 367 g/mol. The summed E-state index contributed by atoms with van der Waals surface area (Å²) in [4.78, 5) is 12.2. The molecule has 1 aliphatic rings. The van der Waals surface area contributed by atoms with Gasteiger partial charge in [-0.1, -0.05) is 41.6 Å². The first-order valence-electron chi connectivity index (χ1n) is 8.35. The Bertz CT molecular complexity index is 860. The first-order valence-corrected chi connectivity index (χ1v) is 9.23. The third-order valence-electron chi connectivity index (χ3n) is 4.08. The Morgan fingerprint density at radius 3 is 2.69 bits per heavy atom. The number of aryl methyl sites for hydroxylation is 1. The zero-order chi connectivity index (χ0) is 18.5. The molecule has 26 heavy (non-hydrogen) atoms. The van der Waals surface area contributed by atoms with E-state index >= 15 is 0 Å². The van der Waals surface area contributed by atoms with Crippen molar-refractivity contribution in [3.8, 4) is 5.75 Å². The molecule has 0 unspecified atom stereocenters. The van der Waals surface area contributed by atoms with E-state index in [4.69, 9.17) is 4.74 Å². The molecule has 1 N–H and O–H groups in total.